The zero-order chi connectivity index (χ0) is 10.5. The smallest absolute Gasteiger partial charge is 0.158 e. The fraction of sp³-hybridized carbons (Fsp3) is 0.231. The van der Waals surface area contributed by atoms with Crippen LogP contribution in [0.2, 0.25) is 0 Å². The standard InChI is InChI=1S/C13H15NO/c1-11-7-8-13(15-11)10-14-9-12-5-3-2-4-6-12/h2-8,14H,9-10H2,1H3/p+1. The van der Waals surface area contributed by atoms with Crippen LogP contribution in [-0.2, 0) is 13.1 Å². The Bertz CT molecular complexity index is 405. The number of hydrogen-bond acceptors (Lipinski definition) is 1. The molecule has 0 fully saturated rings. The molecule has 15 heavy (non-hydrogen) atoms. The molecule has 2 aromatic rings. The topological polar surface area (TPSA) is 29.8 Å². The molecule has 0 aliphatic rings. The quantitative estimate of drug-likeness (QED) is 0.805. The van der Waals surface area contributed by atoms with Gasteiger partial charge in [0.05, 0.1) is 0 Å². The van der Waals surface area contributed by atoms with Gasteiger partial charge in [0.15, 0.2) is 5.76 Å². The number of rotatable bonds is 4. The first-order valence-electron chi connectivity index (χ1n) is 5.25. The third kappa shape index (κ3) is 2.96. The SMILES string of the molecule is Cc1ccc(C[NH2+]Cc2ccccc2)o1. The molecule has 78 valence electrons. The zero-order valence-electron chi connectivity index (χ0n) is 8.94. The minimum atomic E-state index is 0.905. The van der Waals surface area contributed by atoms with Gasteiger partial charge in [-0.2, -0.15) is 0 Å². The van der Waals surface area contributed by atoms with Crippen molar-refractivity contribution in [1.29, 1.82) is 0 Å². The average molecular weight is 202 g/mol. The maximum atomic E-state index is 5.49. The molecule has 0 aliphatic carbocycles. The Morgan fingerprint density at radius 1 is 1.00 bits per heavy atom. The van der Waals surface area contributed by atoms with E-state index in [2.05, 4.69) is 29.6 Å². The monoisotopic (exact) mass is 202 g/mol. The van der Waals surface area contributed by atoms with E-state index in [1.165, 1.54) is 5.56 Å². The van der Waals surface area contributed by atoms with Crippen molar-refractivity contribution in [2.45, 2.75) is 20.0 Å². The van der Waals surface area contributed by atoms with E-state index in [-0.39, 0.29) is 0 Å². The second-order valence-electron chi connectivity index (χ2n) is 3.69. The average Bonchev–Trinajstić information content (AvgIpc) is 2.66. The number of nitrogens with two attached hydrogens (primary N) is 1. The van der Waals surface area contributed by atoms with E-state index in [0.717, 1.165) is 24.6 Å². The molecule has 0 atom stereocenters. The number of furan rings is 1. The van der Waals surface area contributed by atoms with Crippen LogP contribution in [0.15, 0.2) is 46.9 Å². The lowest BCUT2D eigenvalue weighted by molar-refractivity contribution is -0.688. The lowest BCUT2D eigenvalue weighted by Crippen LogP contribution is -2.80. The summed E-state index contributed by atoms with van der Waals surface area (Å²) in [5.74, 6) is 2.03. The van der Waals surface area contributed by atoms with Crippen molar-refractivity contribution < 1.29 is 9.73 Å². The number of aryl methyl sites for hydroxylation is 1. The molecule has 2 nitrogen and oxygen atoms in total. The van der Waals surface area contributed by atoms with Gasteiger partial charge in [0.1, 0.15) is 18.8 Å². The fourth-order valence-electron chi connectivity index (χ4n) is 1.59. The highest BCUT2D eigenvalue weighted by molar-refractivity contribution is 5.13. The summed E-state index contributed by atoms with van der Waals surface area (Å²) in [5, 5.41) is 2.24. The molecule has 0 saturated carbocycles. The summed E-state index contributed by atoms with van der Waals surface area (Å²) in [4.78, 5) is 0. The highest BCUT2D eigenvalue weighted by Crippen LogP contribution is 2.03. The lowest BCUT2D eigenvalue weighted by atomic mass is 10.2. The molecule has 0 radical (unpaired) electrons. The van der Waals surface area contributed by atoms with E-state index in [4.69, 9.17) is 4.42 Å². The second-order valence-corrected chi connectivity index (χ2v) is 3.69. The highest BCUT2D eigenvalue weighted by Gasteiger charge is 2.00. The molecule has 0 aliphatic heterocycles. The summed E-state index contributed by atoms with van der Waals surface area (Å²) in [6, 6.07) is 14.5. The predicted octanol–water partition coefficient (Wildman–Crippen LogP) is 1.85. The van der Waals surface area contributed by atoms with Crippen molar-refractivity contribution in [3.63, 3.8) is 0 Å². The Hall–Kier alpha value is -1.54. The van der Waals surface area contributed by atoms with Gasteiger partial charge >= 0.3 is 0 Å². The zero-order valence-corrected chi connectivity index (χ0v) is 8.94. The molecule has 0 spiro atoms. The van der Waals surface area contributed by atoms with Crippen LogP contribution in [0.4, 0.5) is 0 Å². The number of quaternary nitrogens is 1. The Morgan fingerprint density at radius 2 is 1.80 bits per heavy atom. The van der Waals surface area contributed by atoms with Gasteiger partial charge in [-0.3, -0.25) is 0 Å². The highest BCUT2D eigenvalue weighted by atomic mass is 16.3. The minimum absolute atomic E-state index is 0.905. The van der Waals surface area contributed by atoms with Crippen LogP contribution in [-0.4, -0.2) is 0 Å². The van der Waals surface area contributed by atoms with E-state index >= 15 is 0 Å². The molecule has 2 rings (SSSR count). The number of benzene rings is 1. The van der Waals surface area contributed by atoms with Gasteiger partial charge in [0, 0.05) is 5.56 Å². The van der Waals surface area contributed by atoms with E-state index in [0.29, 0.717) is 0 Å². The van der Waals surface area contributed by atoms with Crippen LogP contribution in [0.25, 0.3) is 0 Å². The van der Waals surface area contributed by atoms with E-state index < -0.39 is 0 Å². The van der Waals surface area contributed by atoms with Crippen molar-refractivity contribution >= 4 is 0 Å². The summed E-state index contributed by atoms with van der Waals surface area (Å²) >= 11 is 0. The molecule has 2 N–H and O–H groups in total. The maximum absolute atomic E-state index is 5.49. The number of hydrogen-bond donors (Lipinski definition) is 1. The van der Waals surface area contributed by atoms with Gasteiger partial charge in [0.25, 0.3) is 0 Å². The maximum Gasteiger partial charge on any atom is 0.158 e. The molecule has 0 amide bonds. The van der Waals surface area contributed by atoms with Crippen LogP contribution in [0.3, 0.4) is 0 Å². The van der Waals surface area contributed by atoms with Gasteiger partial charge in [-0.15, -0.1) is 0 Å². The molecular weight excluding hydrogens is 186 g/mol. The van der Waals surface area contributed by atoms with E-state index in [1.807, 2.05) is 25.1 Å². The van der Waals surface area contributed by atoms with Crippen molar-refractivity contribution in [2.24, 2.45) is 0 Å². The summed E-state index contributed by atoms with van der Waals surface area (Å²) in [7, 11) is 0. The lowest BCUT2D eigenvalue weighted by Gasteiger charge is -1.99. The largest absolute Gasteiger partial charge is 0.460 e. The summed E-state index contributed by atoms with van der Waals surface area (Å²) < 4.78 is 5.49. The Balaban J connectivity index is 1.80. The Kier molecular flexibility index (Phi) is 3.20. The molecular formula is C13H16NO+. The van der Waals surface area contributed by atoms with Crippen LogP contribution >= 0.6 is 0 Å². The van der Waals surface area contributed by atoms with Crippen LogP contribution in [0.1, 0.15) is 17.1 Å². The molecule has 0 bridgehead atoms. The summed E-state index contributed by atoms with van der Waals surface area (Å²) in [6.07, 6.45) is 0. The van der Waals surface area contributed by atoms with Gasteiger partial charge < -0.3 is 9.73 Å². The van der Waals surface area contributed by atoms with Gasteiger partial charge in [0.2, 0.25) is 0 Å². The molecule has 2 heteroatoms. The molecule has 0 unspecified atom stereocenters. The van der Waals surface area contributed by atoms with E-state index in [1.54, 1.807) is 0 Å². The second kappa shape index (κ2) is 4.80. The van der Waals surface area contributed by atoms with Gasteiger partial charge in [-0.25, -0.2) is 0 Å². The first kappa shape index (κ1) is 9.99. The van der Waals surface area contributed by atoms with Crippen LogP contribution < -0.4 is 5.32 Å². The van der Waals surface area contributed by atoms with Crippen LogP contribution in [0.5, 0.6) is 0 Å². The summed E-state index contributed by atoms with van der Waals surface area (Å²) in [6.45, 7) is 3.88. The van der Waals surface area contributed by atoms with Gasteiger partial charge in [-0.05, 0) is 19.1 Å². The third-order valence-corrected chi connectivity index (χ3v) is 2.36. The van der Waals surface area contributed by atoms with Crippen molar-refractivity contribution in [1.82, 2.24) is 0 Å². The van der Waals surface area contributed by atoms with Crippen LogP contribution in [0, 0.1) is 6.92 Å². The first-order chi connectivity index (χ1) is 7.34. The fourth-order valence-corrected chi connectivity index (χ4v) is 1.59. The van der Waals surface area contributed by atoms with Crippen molar-refractivity contribution in [2.75, 3.05) is 0 Å². The van der Waals surface area contributed by atoms with Crippen molar-refractivity contribution in [3.8, 4) is 0 Å². The van der Waals surface area contributed by atoms with E-state index in [9.17, 15) is 0 Å². The summed E-state index contributed by atoms with van der Waals surface area (Å²) in [5.41, 5.74) is 1.35. The van der Waals surface area contributed by atoms with Gasteiger partial charge in [-0.1, -0.05) is 30.3 Å². The molecule has 1 heterocycles. The normalized spacial score (nSPS) is 10.5. The molecule has 1 aromatic heterocycles. The third-order valence-electron chi connectivity index (χ3n) is 2.36. The minimum Gasteiger partial charge on any atom is -0.460 e. The van der Waals surface area contributed by atoms with Crippen molar-refractivity contribution in [3.05, 3.63) is 59.5 Å². The molecule has 0 saturated heterocycles. The Morgan fingerprint density at radius 3 is 2.47 bits per heavy atom. The first-order valence-corrected chi connectivity index (χ1v) is 5.25. The predicted molar refractivity (Wildman–Crippen MR) is 59.2 cm³/mol. The molecule has 1 aromatic carbocycles. The Labute approximate surface area is 89.9 Å².